The van der Waals surface area contributed by atoms with Crippen LogP contribution in [0.4, 0.5) is 4.20 Å². The minimum atomic E-state index is -1.72. The maximum atomic E-state index is 17.0. The van der Waals surface area contributed by atoms with E-state index in [9.17, 15) is 0 Å². The van der Waals surface area contributed by atoms with Gasteiger partial charge in [-0.3, -0.25) is 4.00 Å². The first-order chi connectivity index (χ1) is 10.0. The van der Waals surface area contributed by atoms with Crippen LogP contribution in [-0.4, -0.2) is 48.7 Å². The van der Waals surface area contributed by atoms with Crippen LogP contribution in [0.15, 0.2) is 0 Å². The Hall–Kier alpha value is 1.40. The number of halogens is 1. The van der Waals surface area contributed by atoms with E-state index in [1.54, 1.807) is 0 Å². The number of hydrogen-bond acceptors (Lipinski definition) is 1. The molecule has 0 radical (unpaired) electrons. The lowest BCUT2D eigenvalue weighted by Crippen LogP contribution is -2.78. The van der Waals surface area contributed by atoms with Crippen molar-refractivity contribution in [3.8, 4) is 0 Å². The second-order valence-corrected chi connectivity index (χ2v) is 43.3. The van der Waals surface area contributed by atoms with Crippen molar-refractivity contribution >= 4 is 49.1 Å². The van der Waals surface area contributed by atoms with Gasteiger partial charge in [-0.15, -0.1) is 0 Å². The monoisotopic (exact) mass is 441 g/mol. The molecule has 24 heavy (non-hydrogen) atoms. The molecule has 1 unspecified atom stereocenters. The maximum Gasteiger partial charge on any atom is 0.141 e. The number of hydrogen-bond donors (Lipinski definition) is 0. The molecule has 0 aliphatic carbocycles. The van der Waals surface area contributed by atoms with Crippen LogP contribution in [0, 0.1) is 0 Å². The summed E-state index contributed by atoms with van der Waals surface area (Å²) in [6.45, 7) is 36.4. The summed E-state index contributed by atoms with van der Waals surface area (Å²) in [6.07, 6.45) is 0. The van der Waals surface area contributed by atoms with E-state index in [0.717, 1.165) is 0 Å². The summed E-state index contributed by atoms with van der Waals surface area (Å²) in [6, 6.07) is 0. The van der Waals surface area contributed by atoms with Crippen LogP contribution in [-0.2, 0) is 0 Å². The minimum Gasteiger partial charge on any atom is -0.299 e. The third-order valence-corrected chi connectivity index (χ3v) is 44.8. The molecule has 0 aliphatic heterocycles. The maximum absolute atomic E-state index is 17.0. The van der Waals surface area contributed by atoms with Crippen molar-refractivity contribution in [2.24, 2.45) is 0 Å². The van der Waals surface area contributed by atoms with Crippen molar-refractivity contribution in [1.82, 2.24) is 4.00 Å². The van der Waals surface area contributed by atoms with E-state index in [1.807, 2.05) is 0 Å². The Balaban J connectivity index is 6.89. The van der Waals surface area contributed by atoms with Gasteiger partial charge in [-0.25, -0.2) is 4.20 Å². The highest BCUT2D eigenvalue weighted by molar-refractivity contribution is 7.68. The van der Waals surface area contributed by atoms with Crippen LogP contribution in [0.1, 0.15) is 0 Å². The largest absolute Gasteiger partial charge is 0.299 e. The zero-order valence-corrected chi connectivity index (χ0v) is 25.2. The highest BCUT2D eigenvalue weighted by Crippen LogP contribution is 2.67. The molecule has 0 aromatic rings. The summed E-state index contributed by atoms with van der Waals surface area (Å²) in [7, 11) is -10.2. The molecule has 0 bridgehead atoms. The highest BCUT2D eigenvalue weighted by Gasteiger charge is 2.67. The predicted octanol–water partition coefficient (Wildman–Crippen LogP) is 7.61. The summed E-state index contributed by atoms with van der Waals surface area (Å²) in [5.41, 5.74) is 0. The molecule has 0 aromatic carbocycles. The van der Waals surface area contributed by atoms with Gasteiger partial charge in [0.25, 0.3) is 0 Å². The molecule has 146 valence electrons. The van der Waals surface area contributed by atoms with Crippen molar-refractivity contribution in [2.45, 2.75) is 102 Å². The molecule has 0 amide bonds. The fourth-order valence-corrected chi connectivity index (χ4v) is 55.7. The van der Waals surface area contributed by atoms with Gasteiger partial charge < -0.3 is 0 Å². The van der Waals surface area contributed by atoms with Gasteiger partial charge in [0.1, 0.15) is 24.9 Å². The molecule has 0 N–H and O–H groups in total. The van der Waals surface area contributed by atoms with Crippen LogP contribution in [0.5, 0.6) is 0 Å². The van der Waals surface area contributed by atoms with Crippen LogP contribution >= 0.6 is 8.38 Å². The van der Waals surface area contributed by atoms with Crippen molar-refractivity contribution in [2.75, 3.05) is 0 Å². The zero-order chi connectivity index (χ0) is 20.2. The molecular formula is C16H45FNPSi5. The zero-order valence-electron chi connectivity index (χ0n) is 19.3. The Morgan fingerprint density at radius 3 is 0.875 bits per heavy atom. The molecular weight excluding hydrogens is 397 g/mol. The fraction of sp³-hybridized carbons (Fsp3) is 1.00. The standard InChI is InChI=1S/C16H45FNPSi5/c1-20(2,3)16(21(4,5)6,22(7,8)9)19(17)18(23(10,11)12)24(13,14)15/h1-15H3. The summed E-state index contributed by atoms with van der Waals surface area (Å²) in [4.78, 5) is 0. The normalized spacial score (nSPS) is 17.4. The van der Waals surface area contributed by atoms with Crippen LogP contribution < -0.4 is 0 Å². The van der Waals surface area contributed by atoms with Crippen LogP contribution in [0.2, 0.25) is 98.2 Å². The van der Waals surface area contributed by atoms with E-state index >= 15 is 4.20 Å². The smallest absolute Gasteiger partial charge is 0.141 e. The summed E-state index contributed by atoms with van der Waals surface area (Å²) in [5, 5.41) is 0. The van der Waals surface area contributed by atoms with E-state index in [1.165, 1.54) is 0 Å². The predicted molar refractivity (Wildman–Crippen MR) is 129 cm³/mol. The third kappa shape index (κ3) is 4.62. The van der Waals surface area contributed by atoms with E-state index in [0.29, 0.717) is 0 Å². The lowest BCUT2D eigenvalue weighted by molar-refractivity contribution is 0.785. The summed E-state index contributed by atoms with van der Waals surface area (Å²) < 4.78 is 19.6. The molecule has 8 heteroatoms. The molecule has 0 aliphatic rings. The van der Waals surface area contributed by atoms with E-state index < -0.39 is 49.1 Å². The third-order valence-electron chi connectivity index (χ3n) is 4.98. The molecule has 0 saturated carbocycles. The van der Waals surface area contributed by atoms with Crippen molar-refractivity contribution in [3.63, 3.8) is 0 Å². The second kappa shape index (κ2) is 7.10. The Labute approximate surface area is 159 Å². The quantitative estimate of drug-likeness (QED) is 0.290. The average molecular weight is 442 g/mol. The van der Waals surface area contributed by atoms with E-state index in [-0.39, 0.29) is 4.03 Å². The summed E-state index contributed by atoms with van der Waals surface area (Å²) in [5.74, 6) is 0. The fourth-order valence-electron chi connectivity index (χ4n) is 5.89. The Morgan fingerprint density at radius 2 is 0.750 bits per heavy atom. The van der Waals surface area contributed by atoms with Crippen LogP contribution in [0.3, 0.4) is 0 Å². The molecule has 0 aromatic heterocycles. The minimum absolute atomic E-state index is 0.0168. The highest BCUT2D eigenvalue weighted by atomic mass is 31.2. The average Bonchev–Trinajstić information content (AvgIpc) is 2.02. The topological polar surface area (TPSA) is 3.24 Å². The van der Waals surface area contributed by atoms with Gasteiger partial charge in [-0.05, 0) is 0 Å². The van der Waals surface area contributed by atoms with Gasteiger partial charge >= 0.3 is 0 Å². The van der Waals surface area contributed by atoms with Gasteiger partial charge in [0.2, 0.25) is 0 Å². The van der Waals surface area contributed by atoms with E-state index in [2.05, 4.69) is 102 Å². The molecule has 1 atom stereocenters. The second-order valence-electron chi connectivity index (χ2n) is 12.4. The number of nitrogens with zero attached hydrogens (tertiary/aromatic N) is 1. The number of rotatable bonds is 7. The summed E-state index contributed by atoms with van der Waals surface area (Å²) >= 11 is 0. The van der Waals surface area contributed by atoms with Crippen molar-refractivity contribution in [1.29, 1.82) is 0 Å². The first kappa shape index (κ1) is 25.4. The van der Waals surface area contributed by atoms with Gasteiger partial charge in [0, 0.05) is 4.03 Å². The van der Waals surface area contributed by atoms with Gasteiger partial charge in [0.05, 0.1) is 24.2 Å². The molecule has 0 heterocycles. The van der Waals surface area contributed by atoms with Gasteiger partial charge in [-0.2, -0.15) is 0 Å². The lowest BCUT2D eigenvalue weighted by atomic mass is 11.6. The Morgan fingerprint density at radius 1 is 0.542 bits per heavy atom. The molecule has 0 spiro atoms. The molecule has 0 fully saturated rings. The molecule has 0 rings (SSSR count). The van der Waals surface area contributed by atoms with Gasteiger partial charge in [-0.1, -0.05) is 98.2 Å². The van der Waals surface area contributed by atoms with Crippen LogP contribution in [0.25, 0.3) is 0 Å². The Kier molecular flexibility index (Phi) is 7.51. The first-order valence-electron chi connectivity index (χ1n) is 9.29. The Bertz CT molecular complexity index is 388. The van der Waals surface area contributed by atoms with Crippen molar-refractivity contribution < 1.29 is 4.20 Å². The first-order valence-corrected chi connectivity index (χ1v) is 27.9. The van der Waals surface area contributed by atoms with Gasteiger partial charge in [0.15, 0.2) is 0 Å². The molecule has 1 nitrogen and oxygen atoms in total. The van der Waals surface area contributed by atoms with Crippen molar-refractivity contribution in [3.05, 3.63) is 0 Å². The lowest BCUT2D eigenvalue weighted by Gasteiger charge is -2.64. The van der Waals surface area contributed by atoms with E-state index in [4.69, 9.17) is 0 Å². The SMILES string of the molecule is C[Si](C)(C)N(P(F)C([Si](C)(C)C)([Si](C)(C)C)[Si](C)(C)C)[Si](C)(C)C. The molecule has 0 saturated heterocycles.